The number of aromatic nitrogens is 2. The van der Waals surface area contributed by atoms with Crippen LogP contribution >= 0.6 is 34.5 Å². The van der Waals surface area contributed by atoms with Crippen molar-refractivity contribution in [3.63, 3.8) is 0 Å². The molecule has 0 aliphatic rings. The van der Waals surface area contributed by atoms with Crippen LogP contribution in [0.4, 0.5) is 11.5 Å². The maximum atomic E-state index is 6.34. The monoisotopic (exact) mass is 337 g/mol. The minimum absolute atomic E-state index is 0.229. The first kappa shape index (κ1) is 14.6. The van der Waals surface area contributed by atoms with Gasteiger partial charge in [-0.15, -0.1) is 11.3 Å². The van der Waals surface area contributed by atoms with Crippen molar-refractivity contribution >= 4 is 56.3 Å². The highest BCUT2D eigenvalue weighted by atomic mass is 35.5. The predicted octanol–water partition coefficient (Wildman–Crippen LogP) is 5.67. The second-order valence-corrected chi connectivity index (χ2v) is 6.96. The SMILES string of the molecule is Cc1cc(C)c(Nc2nc(Cl)nc3sc(C)cc23)c(Cl)c1. The summed E-state index contributed by atoms with van der Waals surface area (Å²) < 4.78 is 0. The molecule has 2 aromatic heterocycles. The fourth-order valence-corrected chi connectivity index (χ4v) is 3.77. The van der Waals surface area contributed by atoms with Gasteiger partial charge in [0.1, 0.15) is 10.6 Å². The van der Waals surface area contributed by atoms with Gasteiger partial charge in [0.2, 0.25) is 5.28 Å². The van der Waals surface area contributed by atoms with Crippen LogP contribution in [-0.2, 0) is 0 Å². The standard InChI is InChI=1S/C15H13Cl2N3S/c1-7-4-8(2)12(11(16)5-7)18-13-10-6-9(3)21-14(10)20-15(17)19-13/h4-6H,1-3H3,(H,18,19,20). The van der Waals surface area contributed by atoms with E-state index < -0.39 is 0 Å². The van der Waals surface area contributed by atoms with E-state index in [4.69, 9.17) is 23.2 Å². The number of hydrogen-bond acceptors (Lipinski definition) is 4. The van der Waals surface area contributed by atoms with Crippen molar-refractivity contribution in [1.82, 2.24) is 9.97 Å². The molecule has 0 aliphatic carbocycles. The Morgan fingerprint density at radius 3 is 2.52 bits per heavy atom. The van der Waals surface area contributed by atoms with Gasteiger partial charge in [-0.3, -0.25) is 0 Å². The Balaban J connectivity index is 2.14. The van der Waals surface area contributed by atoms with Gasteiger partial charge < -0.3 is 5.32 Å². The zero-order valence-electron chi connectivity index (χ0n) is 11.8. The maximum absolute atomic E-state index is 6.34. The highest BCUT2D eigenvalue weighted by molar-refractivity contribution is 7.18. The van der Waals surface area contributed by atoms with E-state index in [1.807, 2.05) is 26.8 Å². The normalized spacial score (nSPS) is 11.1. The van der Waals surface area contributed by atoms with Crippen molar-refractivity contribution in [2.24, 2.45) is 0 Å². The van der Waals surface area contributed by atoms with Crippen LogP contribution in [0.25, 0.3) is 10.2 Å². The first-order valence-corrected chi connectivity index (χ1v) is 7.99. The van der Waals surface area contributed by atoms with E-state index in [0.717, 1.165) is 31.9 Å². The Morgan fingerprint density at radius 1 is 1.05 bits per heavy atom. The highest BCUT2D eigenvalue weighted by Gasteiger charge is 2.13. The lowest BCUT2D eigenvalue weighted by molar-refractivity contribution is 1.22. The summed E-state index contributed by atoms with van der Waals surface area (Å²) in [5.41, 5.74) is 3.04. The van der Waals surface area contributed by atoms with Gasteiger partial charge in [-0.1, -0.05) is 17.7 Å². The van der Waals surface area contributed by atoms with Crippen LogP contribution in [0, 0.1) is 20.8 Å². The summed E-state index contributed by atoms with van der Waals surface area (Å²) in [6, 6.07) is 6.05. The van der Waals surface area contributed by atoms with Crippen LogP contribution in [0.5, 0.6) is 0 Å². The Morgan fingerprint density at radius 2 is 1.81 bits per heavy atom. The van der Waals surface area contributed by atoms with E-state index >= 15 is 0 Å². The van der Waals surface area contributed by atoms with E-state index in [9.17, 15) is 0 Å². The van der Waals surface area contributed by atoms with Crippen LogP contribution in [0.15, 0.2) is 18.2 Å². The molecule has 3 aromatic rings. The molecule has 3 nitrogen and oxygen atoms in total. The third kappa shape index (κ3) is 2.84. The molecule has 108 valence electrons. The molecule has 1 N–H and O–H groups in total. The molecule has 2 heterocycles. The molecule has 0 saturated heterocycles. The van der Waals surface area contributed by atoms with E-state index in [-0.39, 0.29) is 5.28 Å². The lowest BCUT2D eigenvalue weighted by Crippen LogP contribution is -1.99. The number of thiophene rings is 1. The fourth-order valence-electron chi connectivity index (χ4n) is 2.30. The molecule has 1 aromatic carbocycles. The van der Waals surface area contributed by atoms with Gasteiger partial charge in [-0.2, -0.15) is 4.98 Å². The Hall–Kier alpha value is -1.36. The van der Waals surface area contributed by atoms with E-state index in [1.165, 1.54) is 0 Å². The Labute approximate surface area is 137 Å². The molecule has 0 spiro atoms. The lowest BCUT2D eigenvalue weighted by atomic mass is 10.1. The van der Waals surface area contributed by atoms with E-state index in [1.54, 1.807) is 11.3 Å². The molecule has 0 radical (unpaired) electrons. The van der Waals surface area contributed by atoms with Gasteiger partial charge >= 0.3 is 0 Å². The van der Waals surface area contributed by atoms with Crippen molar-refractivity contribution in [2.75, 3.05) is 5.32 Å². The zero-order valence-corrected chi connectivity index (χ0v) is 14.1. The number of benzene rings is 1. The Kier molecular flexibility index (Phi) is 3.78. The summed E-state index contributed by atoms with van der Waals surface area (Å²) in [4.78, 5) is 10.6. The Bertz CT molecular complexity index is 819. The number of fused-ring (bicyclic) bond motifs is 1. The number of rotatable bonds is 2. The molecule has 0 aliphatic heterocycles. The quantitative estimate of drug-likeness (QED) is 0.612. The van der Waals surface area contributed by atoms with Crippen LogP contribution in [0.3, 0.4) is 0 Å². The molecule has 6 heteroatoms. The van der Waals surface area contributed by atoms with Gasteiger partial charge in [0, 0.05) is 4.88 Å². The van der Waals surface area contributed by atoms with Crippen molar-refractivity contribution in [3.05, 3.63) is 44.5 Å². The molecule has 0 atom stereocenters. The summed E-state index contributed by atoms with van der Waals surface area (Å²) in [7, 11) is 0. The lowest BCUT2D eigenvalue weighted by Gasteiger charge is -2.12. The largest absolute Gasteiger partial charge is 0.338 e. The topological polar surface area (TPSA) is 37.8 Å². The number of nitrogens with zero attached hydrogens (tertiary/aromatic N) is 2. The van der Waals surface area contributed by atoms with Crippen molar-refractivity contribution in [1.29, 1.82) is 0 Å². The molecule has 0 fully saturated rings. The van der Waals surface area contributed by atoms with Crippen molar-refractivity contribution in [3.8, 4) is 0 Å². The van der Waals surface area contributed by atoms with Crippen LogP contribution in [0.1, 0.15) is 16.0 Å². The summed E-state index contributed by atoms with van der Waals surface area (Å²) >= 11 is 14.0. The van der Waals surface area contributed by atoms with Gasteiger partial charge in [0.25, 0.3) is 0 Å². The molecule has 0 saturated carbocycles. The average Bonchev–Trinajstić information content (AvgIpc) is 2.73. The van der Waals surface area contributed by atoms with Crippen molar-refractivity contribution < 1.29 is 0 Å². The number of halogens is 2. The van der Waals surface area contributed by atoms with Crippen molar-refractivity contribution in [2.45, 2.75) is 20.8 Å². The fraction of sp³-hybridized carbons (Fsp3) is 0.200. The van der Waals surface area contributed by atoms with E-state index in [2.05, 4.69) is 27.4 Å². The van der Waals surface area contributed by atoms with Gasteiger partial charge in [0.05, 0.1) is 16.1 Å². The maximum Gasteiger partial charge on any atom is 0.225 e. The van der Waals surface area contributed by atoms with E-state index in [0.29, 0.717) is 10.8 Å². The van der Waals surface area contributed by atoms with Crippen LogP contribution < -0.4 is 5.32 Å². The average molecular weight is 338 g/mol. The molecule has 0 amide bonds. The van der Waals surface area contributed by atoms with Crippen LogP contribution in [-0.4, -0.2) is 9.97 Å². The number of anilines is 2. The van der Waals surface area contributed by atoms with Gasteiger partial charge in [-0.05, 0) is 55.6 Å². The van der Waals surface area contributed by atoms with Crippen LogP contribution in [0.2, 0.25) is 10.3 Å². The predicted molar refractivity (Wildman–Crippen MR) is 91.4 cm³/mol. The smallest absolute Gasteiger partial charge is 0.225 e. The number of hydrogen-bond donors (Lipinski definition) is 1. The molecule has 3 rings (SSSR count). The minimum Gasteiger partial charge on any atom is -0.338 e. The summed E-state index contributed by atoms with van der Waals surface area (Å²) in [5, 5.41) is 5.16. The van der Waals surface area contributed by atoms with Gasteiger partial charge in [-0.25, -0.2) is 4.98 Å². The van der Waals surface area contributed by atoms with Gasteiger partial charge in [0.15, 0.2) is 0 Å². The summed E-state index contributed by atoms with van der Waals surface area (Å²) in [5.74, 6) is 0.684. The first-order chi connectivity index (χ1) is 9.94. The third-order valence-corrected chi connectivity index (χ3v) is 4.58. The highest BCUT2D eigenvalue weighted by Crippen LogP contribution is 2.35. The summed E-state index contributed by atoms with van der Waals surface area (Å²) in [6.45, 7) is 6.07. The molecule has 0 bridgehead atoms. The zero-order chi connectivity index (χ0) is 15.1. The third-order valence-electron chi connectivity index (χ3n) is 3.16. The number of nitrogens with one attached hydrogen (secondary N) is 1. The second kappa shape index (κ2) is 5.44. The summed E-state index contributed by atoms with van der Waals surface area (Å²) in [6.07, 6.45) is 0. The molecular formula is C15H13Cl2N3S. The molecular weight excluding hydrogens is 325 g/mol. The minimum atomic E-state index is 0.229. The molecule has 21 heavy (non-hydrogen) atoms. The number of aryl methyl sites for hydroxylation is 3. The molecule has 0 unspecified atom stereocenters. The first-order valence-electron chi connectivity index (χ1n) is 6.41. The second-order valence-electron chi connectivity index (χ2n) is 4.98.